The smallest absolute Gasteiger partial charge is 0.0740 e. The van der Waals surface area contributed by atoms with Crippen LogP contribution in [-0.4, -0.2) is 9.97 Å². The van der Waals surface area contributed by atoms with Gasteiger partial charge in [-0.05, 0) is 111 Å². The van der Waals surface area contributed by atoms with Gasteiger partial charge in [-0.2, -0.15) is 0 Å². The monoisotopic (exact) mass is 830 g/mol. The molecule has 4 nitrogen and oxygen atoms in total. The lowest BCUT2D eigenvalue weighted by atomic mass is 9.93. The third-order valence-corrected chi connectivity index (χ3v) is 15.5. The van der Waals surface area contributed by atoms with Crippen molar-refractivity contribution in [3.63, 3.8) is 0 Å². The van der Waals surface area contributed by atoms with Gasteiger partial charge in [0.2, 0.25) is 0 Å². The van der Waals surface area contributed by atoms with Gasteiger partial charge in [0.05, 0.1) is 22.4 Å². The minimum atomic E-state index is 0.434. The Bertz CT molecular complexity index is 3490. The molecule has 2 fully saturated rings. The quantitative estimate of drug-likeness (QED) is 0.143. The van der Waals surface area contributed by atoms with Crippen LogP contribution in [0.15, 0.2) is 170 Å². The SMILES string of the molecule is c1ccc(N(c2ccc3c(c2)sc2ccccc23)c2cc3nc(C4CC4)c4cc(N(c5ccccc5)c5ccc6c(c5)sc5ccccc56)cc5nc(C6CC6)c(c2)c3c54)cc1. The van der Waals surface area contributed by atoms with E-state index in [1.54, 1.807) is 0 Å². The van der Waals surface area contributed by atoms with Crippen LogP contribution >= 0.6 is 22.7 Å². The van der Waals surface area contributed by atoms with Gasteiger partial charge < -0.3 is 9.80 Å². The van der Waals surface area contributed by atoms with Gasteiger partial charge in [-0.25, -0.2) is 0 Å². The molecule has 294 valence electrons. The van der Waals surface area contributed by atoms with E-state index < -0.39 is 0 Å². The van der Waals surface area contributed by atoms with Crippen molar-refractivity contribution < 1.29 is 0 Å². The summed E-state index contributed by atoms with van der Waals surface area (Å²) in [5.41, 5.74) is 11.3. The number of rotatable bonds is 8. The number of hydrogen-bond donors (Lipinski definition) is 0. The molecule has 62 heavy (non-hydrogen) atoms. The zero-order valence-corrected chi connectivity index (χ0v) is 35.4. The third-order valence-electron chi connectivity index (χ3n) is 13.2. The number of thiophene rings is 2. The standard InChI is InChI=1S/C56H38N4S2/c1-3-11-35(12-4-1)59(37-23-25-43-41-15-7-9-17-49(41)61-51(43)31-37)39-27-45-53-47(29-39)57-56(34-21-22-34)46-28-40(30-48(54(46)53)58-55(45)33-19-20-33)60(36-13-5-2-6-14-36)38-24-26-44-42-16-8-10-18-50(42)62-52(44)32-38/h1-18,23-34H,19-22H2. The first-order chi connectivity index (χ1) is 30.7. The Kier molecular flexibility index (Phi) is 7.48. The molecule has 14 rings (SSSR count). The molecule has 2 saturated carbocycles. The summed E-state index contributed by atoms with van der Waals surface area (Å²) in [5.74, 6) is 0.869. The van der Waals surface area contributed by atoms with Crippen molar-refractivity contribution in [2.45, 2.75) is 37.5 Å². The number of fused-ring (bicyclic) bond motifs is 6. The van der Waals surface area contributed by atoms with E-state index in [9.17, 15) is 0 Å². The maximum atomic E-state index is 5.74. The van der Waals surface area contributed by atoms with Gasteiger partial charge in [0, 0.05) is 108 Å². The van der Waals surface area contributed by atoms with Gasteiger partial charge in [0.15, 0.2) is 0 Å². The maximum Gasteiger partial charge on any atom is 0.0740 e. The molecule has 0 unspecified atom stereocenters. The first-order valence-electron chi connectivity index (χ1n) is 21.8. The average Bonchev–Trinajstić information content (AvgIpc) is 4.26. The normalized spacial score (nSPS) is 14.4. The molecule has 4 aromatic heterocycles. The highest BCUT2D eigenvalue weighted by Gasteiger charge is 2.33. The van der Waals surface area contributed by atoms with E-state index in [2.05, 4.69) is 180 Å². The molecule has 12 aromatic rings. The predicted molar refractivity (Wildman–Crippen MR) is 265 cm³/mol. The van der Waals surface area contributed by atoms with Crippen LogP contribution < -0.4 is 9.80 Å². The van der Waals surface area contributed by atoms with E-state index in [1.807, 2.05) is 22.7 Å². The summed E-state index contributed by atoms with van der Waals surface area (Å²) >= 11 is 3.74. The molecule has 2 aliphatic rings. The zero-order valence-electron chi connectivity index (χ0n) is 33.8. The van der Waals surface area contributed by atoms with Gasteiger partial charge >= 0.3 is 0 Å². The molecule has 8 aromatic carbocycles. The highest BCUT2D eigenvalue weighted by Crippen LogP contribution is 2.52. The summed E-state index contributed by atoms with van der Waals surface area (Å²) in [7, 11) is 0. The van der Waals surface area contributed by atoms with E-state index in [1.165, 1.54) is 73.3 Å². The highest BCUT2D eigenvalue weighted by atomic mass is 32.1. The highest BCUT2D eigenvalue weighted by molar-refractivity contribution is 7.26. The molecular weight excluding hydrogens is 793 g/mol. The second kappa shape index (κ2) is 13.3. The Labute approximate surface area is 366 Å². The molecule has 0 saturated heterocycles. The van der Waals surface area contributed by atoms with Crippen LogP contribution in [0.5, 0.6) is 0 Å². The zero-order chi connectivity index (χ0) is 40.5. The van der Waals surface area contributed by atoms with Gasteiger partial charge in [0.1, 0.15) is 0 Å². The van der Waals surface area contributed by atoms with Gasteiger partial charge in [-0.1, -0.05) is 84.9 Å². The predicted octanol–water partition coefficient (Wildman–Crippen LogP) is 16.8. The van der Waals surface area contributed by atoms with E-state index in [0.29, 0.717) is 11.8 Å². The van der Waals surface area contributed by atoms with Crippen molar-refractivity contribution in [2.24, 2.45) is 0 Å². The van der Waals surface area contributed by atoms with Crippen LogP contribution in [0.2, 0.25) is 0 Å². The van der Waals surface area contributed by atoms with Crippen molar-refractivity contribution in [3.05, 3.63) is 181 Å². The molecule has 2 aliphatic carbocycles. The lowest BCUT2D eigenvalue weighted by Gasteiger charge is -2.28. The summed E-state index contributed by atoms with van der Waals surface area (Å²) in [5, 5.41) is 10.2. The summed E-state index contributed by atoms with van der Waals surface area (Å²) in [6, 6.07) is 62.7. The van der Waals surface area contributed by atoms with Crippen molar-refractivity contribution in [2.75, 3.05) is 9.80 Å². The number of para-hydroxylation sites is 2. The fourth-order valence-corrected chi connectivity index (χ4v) is 12.3. The van der Waals surface area contributed by atoms with Crippen LogP contribution in [0.25, 0.3) is 72.9 Å². The number of pyridine rings is 2. The lowest BCUT2D eigenvalue weighted by Crippen LogP contribution is -2.12. The number of benzene rings is 8. The Morgan fingerprint density at radius 3 is 1.18 bits per heavy atom. The van der Waals surface area contributed by atoms with Gasteiger partial charge in [-0.15, -0.1) is 22.7 Å². The fraction of sp³-hybridized carbons (Fsp3) is 0.107. The number of nitrogens with zero attached hydrogens (tertiary/aromatic N) is 4. The lowest BCUT2D eigenvalue weighted by molar-refractivity contribution is 1.05. The number of anilines is 6. The second-order valence-electron chi connectivity index (χ2n) is 17.2. The Morgan fingerprint density at radius 2 is 0.742 bits per heavy atom. The third kappa shape index (κ3) is 5.43. The van der Waals surface area contributed by atoms with Crippen LogP contribution in [0, 0.1) is 0 Å². The average molecular weight is 831 g/mol. The molecule has 0 aliphatic heterocycles. The van der Waals surface area contributed by atoms with E-state index >= 15 is 0 Å². The van der Waals surface area contributed by atoms with Crippen molar-refractivity contribution in [3.8, 4) is 0 Å². The topological polar surface area (TPSA) is 32.3 Å². The molecule has 0 amide bonds. The van der Waals surface area contributed by atoms with Crippen molar-refractivity contribution in [1.82, 2.24) is 9.97 Å². The summed E-state index contributed by atoms with van der Waals surface area (Å²) in [4.78, 5) is 16.3. The minimum absolute atomic E-state index is 0.434. The van der Waals surface area contributed by atoms with Crippen LogP contribution in [-0.2, 0) is 0 Å². The Morgan fingerprint density at radius 1 is 0.339 bits per heavy atom. The van der Waals surface area contributed by atoms with Gasteiger partial charge in [0.25, 0.3) is 0 Å². The molecule has 0 radical (unpaired) electrons. The van der Waals surface area contributed by atoms with Crippen molar-refractivity contribution >= 4 is 130 Å². The molecule has 0 N–H and O–H groups in total. The molecule has 0 spiro atoms. The minimum Gasteiger partial charge on any atom is -0.310 e. The first-order valence-corrected chi connectivity index (χ1v) is 23.4. The summed E-state index contributed by atoms with van der Waals surface area (Å²) in [6.07, 6.45) is 4.64. The number of aromatic nitrogens is 2. The molecule has 0 atom stereocenters. The van der Waals surface area contributed by atoms with Crippen LogP contribution in [0.4, 0.5) is 34.1 Å². The van der Waals surface area contributed by atoms with E-state index in [-0.39, 0.29) is 0 Å². The Hall–Kier alpha value is -6.86. The van der Waals surface area contributed by atoms with E-state index in [4.69, 9.17) is 9.97 Å². The molecular formula is C56H38N4S2. The molecule has 6 heteroatoms. The Balaban J connectivity index is 1.00. The van der Waals surface area contributed by atoms with Crippen LogP contribution in [0.3, 0.4) is 0 Å². The molecule has 0 bridgehead atoms. The summed E-state index contributed by atoms with van der Waals surface area (Å²) in [6.45, 7) is 0. The molecule has 4 heterocycles. The summed E-state index contributed by atoms with van der Waals surface area (Å²) < 4.78 is 5.22. The van der Waals surface area contributed by atoms with Crippen LogP contribution in [0.1, 0.15) is 48.9 Å². The van der Waals surface area contributed by atoms with E-state index in [0.717, 1.165) is 70.8 Å². The van der Waals surface area contributed by atoms with Gasteiger partial charge in [-0.3, -0.25) is 9.97 Å². The second-order valence-corrected chi connectivity index (χ2v) is 19.4. The fourth-order valence-electron chi connectivity index (χ4n) is 10.1. The number of hydrogen-bond acceptors (Lipinski definition) is 6. The van der Waals surface area contributed by atoms with Crippen molar-refractivity contribution in [1.29, 1.82) is 0 Å². The first kappa shape index (κ1) is 34.8. The maximum absolute atomic E-state index is 5.74. The largest absolute Gasteiger partial charge is 0.310 e.